The number of amides is 1. The predicted octanol–water partition coefficient (Wildman–Crippen LogP) is 2.78. The van der Waals surface area contributed by atoms with Gasteiger partial charge in [0, 0.05) is 6.07 Å². The van der Waals surface area contributed by atoms with Gasteiger partial charge in [-0.3, -0.25) is 4.79 Å². The molecule has 0 radical (unpaired) electrons. The Balaban J connectivity index is 1.95. The van der Waals surface area contributed by atoms with E-state index in [1.165, 1.54) is 6.07 Å². The molecular formula is C12H11N3O2. The number of azo groups is 1. The summed E-state index contributed by atoms with van der Waals surface area (Å²) in [4.78, 5) is 11.5. The highest BCUT2D eigenvalue weighted by Crippen LogP contribution is 2.05. The number of carbonyl (C=O) groups excluding carboxylic acids is 1. The van der Waals surface area contributed by atoms with E-state index in [9.17, 15) is 4.79 Å². The Kier molecular flexibility index (Phi) is 3.40. The van der Waals surface area contributed by atoms with Crippen LogP contribution in [0.25, 0.3) is 0 Å². The van der Waals surface area contributed by atoms with E-state index in [-0.39, 0.29) is 5.69 Å². The average Bonchev–Trinajstić information content (AvgIpc) is 2.77. The molecule has 1 amide bonds. The third-order valence-electron chi connectivity index (χ3n) is 2.10. The fourth-order valence-electron chi connectivity index (χ4n) is 1.28. The van der Waals surface area contributed by atoms with Crippen molar-refractivity contribution in [1.82, 2.24) is 5.16 Å². The summed E-state index contributed by atoms with van der Waals surface area (Å²) in [5.41, 5.74) is 1.18. The fraction of sp³-hybridized carbons (Fsp3) is 0.167. The maximum Gasteiger partial charge on any atom is 0.317 e. The summed E-state index contributed by atoms with van der Waals surface area (Å²) in [6, 6.07) is 11.1. The van der Waals surface area contributed by atoms with Gasteiger partial charge in [-0.2, -0.15) is 5.11 Å². The van der Waals surface area contributed by atoms with Crippen LogP contribution < -0.4 is 0 Å². The van der Waals surface area contributed by atoms with Crippen LogP contribution in [0.1, 0.15) is 21.8 Å². The van der Waals surface area contributed by atoms with Gasteiger partial charge in [0.15, 0.2) is 5.69 Å². The van der Waals surface area contributed by atoms with Gasteiger partial charge in [-0.1, -0.05) is 35.5 Å². The lowest BCUT2D eigenvalue weighted by molar-refractivity contribution is 0.0984. The summed E-state index contributed by atoms with van der Waals surface area (Å²) < 4.78 is 4.78. The predicted molar refractivity (Wildman–Crippen MR) is 60.6 cm³/mol. The van der Waals surface area contributed by atoms with E-state index < -0.39 is 5.91 Å². The van der Waals surface area contributed by atoms with Crippen LogP contribution in [0.5, 0.6) is 0 Å². The van der Waals surface area contributed by atoms with Crippen LogP contribution >= 0.6 is 0 Å². The molecule has 0 saturated heterocycles. The number of hydrogen-bond acceptors (Lipinski definition) is 4. The van der Waals surface area contributed by atoms with Gasteiger partial charge < -0.3 is 4.52 Å². The van der Waals surface area contributed by atoms with Gasteiger partial charge in [0.1, 0.15) is 5.76 Å². The third-order valence-corrected chi connectivity index (χ3v) is 2.10. The van der Waals surface area contributed by atoms with Crippen LogP contribution in [0.4, 0.5) is 0 Å². The van der Waals surface area contributed by atoms with Crippen molar-refractivity contribution in [3.05, 3.63) is 53.4 Å². The first kappa shape index (κ1) is 11.2. The molecule has 0 aliphatic heterocycles. The van der Waals surface area contributed by atoms with Gasteiger partial charge in [-0.15, -0.1) is 5.11 Å². The van der Waals surface area contributed by atoms with Crippen molar-refractivity contribution in [3.63, 3.8) is 0 Å². The number of benzene rings is 1. The first-order valence-corrected chi connectivity index (χ1v) is 5.15. The van der Waals surface area contributed by atoms with Crippen LogP contribution in [-0.4, -0.2) is 11.1 Å². The molecule has 0 fully saturated rings. The molecular weight excluding hydrogens is 218 g/mol. The van der Waals surface area contributed by atoms with E-state index in [0.29, 0.717) is 12.3 Å². The molecule has 0 aliphatic carbocycles. The van der Waals surface area contributed by atoms with Crippen LogP contribution in [0.3, 0.4) is 0 Å². The van der Waals surface area contributed by atoms with Gasteiger partial charge in [-0.25, -0.2) is 0 Å². The second kappa shape index (κ2) is 5.16. The summed E-state index contributed by atoms with van der Waals surface area (Å²) in [5.74, 6) is 0.0874. The number of rotatable bonds is 3. The molecule has 17 heavy (non-hydrogen) atoms. The van der Waals surface area contributed by atoms with E-state index in [1.807, 2.05) is 30.3 Å². The Morgan fingerprint density at radius 3 is 2.76 bits per heavy atom. The highest BCUT2D eigenvalue weighted by atomic mass is 16.5. The van der Waals surface area contributed by atoms with Crippen LogP contribution in [0.2, 0.25) is 0 Å². The molecule has 2 rings (SSSR count). The van der Waals surface area contributed by atoms with Gasteiger partial charge in [0.05, 0.1) is 6.54 Å². The maximum absolute atomic E-state index is 11.5. The van der Waals surface area contributed by atoms with E-state index in [4.69, 9.17) is 4.52 Å². The quantitative estimate of drug-likeness (QED) is 0.760. The van der Waals surface area contributed by atoms with Crippen LogP contribution in [0.15, 0.2) is 51.1 Å². The Morgan fingerprint density at radius 1 is 1.35 bits per heavy atom. The number of hydrogen-bond donors (Lipinski definition) is 0. The van der Waals surface area contributed by atoms with E-state index in [1.54, 1.807) is 6.92 Å². The SMILES string of the molecule is Cc1cc(C(=O)N=NCc2ccccc2)no1. The molecule has 5 nitrogen and oxygen atoms in total. The number of carbonyl (C=O) groups is 1. The van der Waals surface area contributed by atoms with Gasteiger partial charge in [0.25, 0.3) is 0 Å². The van der Waals surface area contributed by atoms with Crippen molar-refractivity contribution in [1.29, 1.82) is 0 Å². The highest BCUT2D eigenvalue weighted by Gasteiger charge is 2.09. The molecule has 1 aromatic heterocycles. The summed E-state index contributed by atoms with van der Waals surface area (Å²) in [7, 11) is 0. The molecule has 2 aromatic rings. The van der Waals surface area contributed by atoms with Gasteiger partial charge in [0.2, 0.25) is 0 Å². The molecule has 1 heterocycles. The first-order valence-electron chi connectivity index (χ1n) is 5.15. The molecule has 0 atom stereocenters. The van der Waals surface area contributed by atoms with Crippen LogP contribution in [0, 0.1) is 6.92 Å². The zero-order valence-electron chi connectivity index (χ0n) is 9.33. The second-order valence-corrected chi connectivity index (χ2v) is 3.51. The monoisotopic (exact) mass is 229 g/mol. The van der Waals surface area contributed by atoms with E-state index in [0.717, 1.165) is 5.56 Å². The Labute approximate surface area is 98.2 Å². The zero-order valence-corrected chi connectivity index (χ0v) is 9.33. The lowest BCUT2D eigenvalue weighted by Gasteiger charge is -1.92. The van der Waals surface area contributed by atoms with Crippen molar-refractivity contribution in [2.24, 2.45) is 10.2 Å². The van der Waals surface area contributed by atoms with Crippen molar-refractivity contribution < 1.29 is 9.32 Å². The molecule has 5 heteroatoms. The average molecular weight is 229 g/mol. The Bertz CT molecular complexity index is 532. The first-order chi connectivity index (χ1) is 8.25. The largest absolute Gasteiger partial charge is 0.361 e. The van der Waals surface area contributed by atoms with Gasteiger partial charge >= 0.3 is 5.91 Å². The van der Waals surface area contributed by atoms with Gasteiger partial charge in [-0.05, 0) is 12.5 Å². The molecule has 0 saturated carbocycles. The van der Waals surface area contributed by atoms with E-state index in [2.05, 4.69) is 15.4 Å². The zero-order chi connectivity index (χ0) is 12.1. The standard InChI is InChI=1S/C12H11N3O2/c1-9-7-11(15-17-9)12(16)14-13-8-10-5-3-2-4-6-10/h2-7H,8H2,1H3. The van der Waals surface area contributed by atoms with Crippen molar-refractivity contribution >= 4 is 5.91 Å². The minimum absolute atomic E-state index is 0.180. The third kappa shape index (κ3) is 3.07. The molecule has 0 N–H and O–H groups in total. The molecule has 0 aliphatic rings. The van der Waals surface area contributed by atoms with Crippen molar-refractivity contribution in [3.8, 4) is 0 Å². The normalized spacial score (nSPS) is 10.9. The molecule has 0 spiro atoms. The summed E-state index contributed by atoms with van der Waals surface area (Å²) in [6.07, 6.45) is 0. The molecule has 0 bridgehead atoms. The number of nitrogens with zero attached hydrogens (tertiary/aromatic N) is 3. The lowest BCUT2D eigenvalue weighted by Crippen LogP contribution is -1.93. The lowest BCUT2D eigenvalue weighted by atomic mass is 10.2. The minimum atomic E-state index is -0.488. The number of aromatic nitrogens is 1. The topological polar surface area (TPSA) is 67.8 Å². The van der Waals surface area contributed by atoms with Crippen molar-refractivity contribution in [2.45, 2.75) is 13.5 Å². The highest BCUT2D eigenvalue weighted by molar-refractivity contribution is 5.92. The van der Waals surface area contributed by atoms with Crippen molar-refractivity contribution in [2.75, 3.05) is 0 Å². The second-order valence-electron chi connectivity index (χ2n) is 3.51. The number of aryl methyl sites for hydroxylation is 1. The summed E-state index contributed by atoms with van der Waals surface area (Å²) in [6.45, 7) is 2.09. The summed E-state index contributed by atoms with van der Waals surface area (Å²) >= 11 is 0. The minimum Gasteiger partial charge on any atom is -0.361 e. The summed E-state index contributed by atoms with van der Waals surface area (Å²) in [5, 5.41) is 11.0. The molecule has 1 aromatic carbocycles. The van der Waals surface area contributed by atoms with E-state index >= 15 is 0 Å². The maximum atomic E-state index is 11.5. The Morgan fingerprint density at radius 2 is 2.12 bits per heavy atom. The molecule has 0 unspecified atom stereocenters. The fourth-order valence-corrected chi connectivity index (χ4v) is 1.28. The van der Waals surface area contributed by atoms with Crippen LogP contribution in [-0.2, 0) is 6.54 Å². The smallest absolute Gasteiger partial charge is 0.317 e. The Hall–Kier alpha value is -2.30. The molecule has 86 valence electrons.